The summed E-state index contributed by atoms with van der Waals surface area (Å²) >= 11 is 0. The zero-order valence-electron chi connectivity index (χ0n) is 11.9. The molecule has 104 valence electrons. The molecule has 0 saturated carbocycles. The minimum atomic E-state index is -0.300. The largest absolute Gasteiger partial charge is 0.508 e. The molecule has 0 radical (unpaired) electrons. The number of aromatic nitrogens is 1. The molecule has 21 heavy (non-hydrogen) atoms. The Morgan fingerprint density at radius 3 is 2.67 bits per heavy atom. The van der Waals surface area contributed by atoms with Gasteiger partial charge in [-0.15, -0.1) is 0 Å². The van der Waals surface area contributed by atoms with E-state index in [2.05, 4.69) is 18.8 Å². The second kappa shape index (κ2) is 3.76. The molecule has 2 aromatic carbocycles. The van der Waals surface area contributed by atoms with Gasteiger partial charge in [-0.3, -0.25) is 4.79 Å². The molecule has 0 atom stereocenters. The Kier molecular flexibility index (Phi) is 2.18. The number of nitrogens with one attached hydrogen (secondary N) is 1. The third-order valence-electron chi connectivity index (χ3n) is 4.48. The first kappa shape index (κ1) is 12.2. The smallest absolute Gasteiger partial charge is 0.195 e. The van der Waals surface area contributed by atoms with Gasteiger partial charge in [0.15, 0.2) is 5.78 Å². The summed E-state index contributed by atoms with van der Waals surface area (Å²) < 4.78 is 0. The maximum Gasteiger partial charge on any atom is 0.195 e. The molecule has 0 fully saturated rings. The quantitative estimate of drug-likeness (QED) is 0.657. The van der Waals surface area contributed by atoms with E-state index in [9.17, 15) is 9.90 Å². The molecule has 0 unspecified atom stereocenters. The van der Waals surface area contributed by atoms with Crippen molar-refractivity contribution in [2.75, 3.05) is 0 Å². The van der Waals surface area contributed by atoms with Crippen LogP contribution in [-0.2, 0) is 5.41 Å². The van der Waals surface area contributed by atoms with Crippen molar-refractivity contribution in [3.63, 3.8) is 0 Å². The average Bonchev–Trinajstić information content (AvgIpc) is 2.85. The van der Waals surface area contributed by atoms with Gasteiger partial charge in [0.05, 0.1) is 5.56 Å². The van der Waals surface area contributed by atoms with E-state index in [1.807, 2.05) is 30.3 Å². The van der Waals surface area contributed by atoms with E-state index in [4.69, 9.17) is 0 Å². The number of fused-ring (bicyclic) bond motifs is 4. The second-order valence-electron chi connectivity index (χ2n) is 6.10. The summed E-state index contributed by atoms with van der Waals surface area (Å²) in [5.74, 6) is 0.105. The van der Waals surface area contributed by atoms with Gasteiger partial charge in [0.25, 0.3) is 0 Å². The Bertz CT molecular complexity index is 903. The lowest BCUT2D eigenvalue weighted by atomic mass is 9.71. The molecule has 0 saturated heterocycles. The Balaban J connectivity index is 2.14. The fraction of sp³-hybridized carbons (Fsp3) is 0.167. The van der Waals surface area contributed by atoms with Crippen LogP contribution in [0, 0.1) is 0 Å². The highest BCUT2D eigenvalue weighted by Crippen LogP contribution is 2.44. The number of aromatic amines is 1. The van der Waals surface area contributed by atoms with Crippen molar-refractivity contribution in [3.05, 3.63) is 64.8 Å². The lowest BCUT2D eigenvalue weighted by Crippen LogP contribution is -2.30. The molecule has 1 aliphatic carbocycles. The number of benzene rings is 2. The minimum absolute atomic E-state index is 0.0207. The number of para-hydroxylation sites is 1. The summed E-state index contributed by atoms with van der Waals surface area (Å²) in [5.41, 5.74) is 3.90. The van der Waals surface area contributed by atoms with Crippen molar-refractivity contribution in [1.82, 2.24) is 4.98 Å². The number of carbonyl (C=O) groups excluding carboxylic acids is 1. The highest BCUT2D eigenvalue weighted by Gasteiger charge is 2.39. The minimum Gasteiger partial charge on any atom is -0.508 e. The van der Waals surface area contributed by atoms with E-state index in [1.165, 1.54) is 0 Å². The van der Waals surface area contributed by atoms with Crippen LogP contribution in [0.25, 0.3) is 10.9 Å². The highest BCUT2D eigenvalue weighted by molar-refractivity contribution is 6.20. The lowest BCUT2D eigenvalue weighted by Gasteiger charge is -2.32. The molecular weight excluding hydrogens is 262 g/mol. The summed E-state index contributed by atoms with van der Waals surface area (Å²) in [6.07, 6.45) is 0. The number of H-pyrrole nitrogens is 1. The van der Waals surface area contributed by atoms with Gasteiger partial charge in [-0.2, -0.15) is 0 Å². The van der Waals surface area contributed by atoms with Gasteiger partial charge in [-0.1, -0.05) is 38.1 Å². The maximum absolute atomic E-state index is 12.9. The number of hydrogen-bond donors (Lipinski definition) is 2. The molecular formula is C18H15NO2. The van der Waals surface area contributed by atoms with E-state index in [1.54, 1.807) is 12.1 Å². The zero-order valence-corrected chi connectivity index (χ0v) is 11.9. The molecule has 0 bridgehead atoms. The van der Waals surface area contributed by atoms with Gasteiger partial charge in [-0.25, -0.2) is 0 Å². The van der Waals surface area contributed by atoms with E-state index >= 15 is 0 Å². The van der Waals surface area contributed by atoms with Crippen molar-refractivity contribution in [2.24, 2.45) is 0 Å². The molecule has 3 nitrogen and oxygen atoms in total. The van der Waals surface area contributed by atoms with Crippen molar-refractivity contribution in [1.29, 1.82) is 0 Å². The summed E-state index contributed by atoms with van der Waals surface area (Å²) in [4.78, 5) is 16.3. The average molecular weight is 277 g/mol. The molecule has 0 spiro atoms. The normalized spacial score (nSPS) is 15.8. The van der Waals surface area contributed by atoms with E-state index in [-0.39, 0.29) is 16.9 Å². The van der Waals surface area contributed by atoms with Crippen molar-refractivity contribution >= 4 is 16.7 Å². The van der Waals surface area contributed by atoms with Crippen molar-refractivity contribution in [2.45, 2.75) is 19.3 Å². The second-order valence-corrected chi connectivity index (χ2v) is 6.10. The standard InChI is InChI=1S/C18H15NO2/c1-18(2)13-8-7-10(20)9-12(13)16(21)15-11-5-3-4-6-14(11)19-17(15)18/h3-9,19-20H,1-2H3. The number of carbonyl (C=O) groups is 1. The van der Waals surface area contributed by atoms with Crippen molar-refractivity contribution in [3.8, 4) is 5.75 Å². The third-order valence-corrected chi connectivity index (χ3v) is 4.48. The molecule has 1 heterocycles. The number of rotatable bonds is 0. The van der Waals surface area contributed by atoms with Crippen LogP contribution in [0.4, 0.5) is 0 Å². The zero-order chi connectivity index (χ0) is 14.8. The summed E-state index contributed by atoms with van der Waals surface area (Å²) in [6, 6.07) is 12.9. The van der Waals surface area contributed by atoms with Crippen LogP contribution in [0.1, 0.15) is 41.0 Å². The first-order chi connectivity index (χ1) is 10.00. The van der Waals surface area contributed by atoms with Gasteiger partial charge in [0.2, 0.25) is 0 Å². The predicted octanol–water partition coefficient (Wildman–Crippen LogP) is 3.74. The lowest BCUT2D eigenvalue weighted by molar-refractivity contribution is 0.103. The first-order valence-electron chi connectivity index (χ1n) is 6.99. The number of ketones is 1. The predicted molar refractivity (Wildman–Crippen MR) is 82.0 cm³/mol. The third kappa shape index (κ3) is 1.46. The van der Waals surface area contributed by atoms with Gasteiger partial charge >= 0.3 is 0 Å². The summed E-state index contributed by atoms with van der Waals surface area (Å²) in [6.45, 7) is 4.20. The van der Waals surface area contributed by atoms with Crippen LogP contribution >= 0.6 is 0 Å². The topological polar surface area (TPSA) is 53.1 Å². The van der Waals surface area contributed by atoms with Crippen LogP contribution < -0.4 is 0 Å². The van der Waals surface area contributed by atoms with E-state index in [0.717, 1.165) is 27.7 Å². The highest BCUT2D eigenvalue weighted by atomic mass is 16.3. The molecule has 4 rings (SSSR count). The summed E-state index contributed by atoms with van der Waals surface area (Å²) in [5, 5.41) is 10.7. The van der Waals surface area contributed by atoms with Gasteiger partial charge < -0.3 is 10.1 Å². The fourth-order valence-electron chi connectivity index (χ4n) is 3.38. The number of aromatic hydroxyl groups is 1. The van der Waals surface area contributed by atoms with Crippen LogP contribution in [-0.4, -0.2) is 15.9 Å². The van der Waals surface area contributed by atoms with Crippen LogP contribution in [0.5, 0.6) is 5.75 Å². The van der Waals surface area contributed by atoms with Gasteiger partial charge in [0.1, 0.15) is 5.75 Å². The van der Waals surface area contributed by atoms with Crippen LogP contribution in [0.3, 0.4) is 0 Å². The Morgan fingerprint density at radius 1 is 1.10 bits per heavy atom. The number of hydrogen-bond acceptors (Lipinski definition) is 2. The summed E-state index contributed by atoms with van der Waals surface area (Å²) in [7, 11) is 0. The fourth-order valence-corrected chi connectivity index (χ4v) is 3.38. The number of phenols is 1. The Morgan fingerprint density at radius 2 is 1.86 bits per heavy atom. The van der Waals surface area contributed by atoms with Crippen LogP contribution in [0.15, 0.2) is 42.5 Å². The molecule has 2 N–H and O–H groups in total. The molecule has 3 heteroatoms. The van der Waals surface area contributed by atoms with Gasteiger partial charge in [0, 0.05) is 27.6 Å². The van der Waals surface area contributed by atoms with Gasteiger partial charge in [-0.05, 0) is 23.8 Å². The maximum atomic E-state index is 12.9. The molecule has 1 aliphatic rings. The van der Waals surface area contributed by atoms with Crippen molar-refractivity contribution < 1.29 is 9.90 Å². The number of phenolic OH excluding ortho intramolecular Hbond substituents is 1. The van der Waals surface area contributed by atoms with E-state index in [0.29, 0.717) is 5.56 Å². The molecule has 0 aliphatic heterocycles. The monoisotopic (exact) mass is 277 g/mol. The SMILES string of the molecule is CC1(C)c2ccc(O)cc2C(=O)c2c1[nH]c1ccccc21. The van der Waals surface area contributed by atoms with Crippen LogP contribution in [0.2, 0.25) is 0 Å². The molecule has 1 aromatic heterocycles. The molecule has 0 amide bonds. The Hall–Kier alpha value is -2.55. The Labute approximate surface area is 122 Å². The van der Waals surface area contributed by atoms with E-state index < -0.39 is 0 Å². The molecule has 3 aromatic rings. The first-order valence-corrected chi connectivity index (χ1v) is 6.99.